The van der Waals surface area contributed by atoms with Gasteiger partial charge in [0.1, 0.15) is 0 Å². The fraction of sp³-hybridized carbons (Fsp3) is 0.296. The van der Waals surface area contributed by atoms with Crippen molar-refractivity contribution in [2.24, 2.45) is 0 Å². The summed E-state index contributed by atoms with van der Waals surface area (Å²) in [6.07, 6.45) is 2.15. The molecule has 1 heterocycles. The third-order valence-electron chi connectivity index (χ3n) is 5.53. The molecule has 3 rings (SSSR count). The van der Waals surface area contributed by atoms with Crippen LogP contribution in [0.25, 0.3) is 6.08 Å². The Hall–Kier alpha value is -3.67. The van der Waals surface area contributed by atoms with E-state index in [1.807, 2.05) is 49.7 Å². The minimum absolute atomic E-state index is 0.337. The van der Waals surface area contributed by atoms with Gasteiger partial charge in [0, 0.05) is 23.9 Å². The Bertz CT molecular complexity index is 1140. The number of nitrogens with zero attached hydrogens (tertiary/aromatic N) is 2. The molecule has 0 aliphatic heterocycles. The van der Waals surface area contributed by atoms with E-state index in [0.717, 1.165) is 33.6 Å². The second kappa shape index (κ2) is 10.8. The molecule has 0 fully saturated rings. The molecule has 172 valence electrons. The fourth-order valence-electron chi connectivity index (χ4n) is 3.43. The van der Waals surface area contributed by atoms with Crippen molar-refractivity contribution in [2.45, 2.75) is 53.8 Å². The van der Waals surface area contributed by atoms with Gasteiger partial charge in [0.05, 0.1) is 12.2 Å². The quantitative estimate of drug-likeness (QED) is 0.411. The number of nitrogens with one attached hydrogen (secondary N) is 1. The van der Waals surface area contributed by atoms with Crippen LogP contribution in [0, 0.1) is 27.7 Å². The van der Waals surface area contributed by atoms with Crippen LogP contribution in [0.5, 0.6) is 0 Å². The average Bonchev–Trinajstić information content (AvgIpc) is 3.05. The van der Waals surface area contributed by atoms with Gasteiger partial charge in [-0.3, -0.25) is 9.48 Å². The number of hydrogen-bond acceptors (Lipinski definition) is 4. The average molecular weight is 446 g/mol. The van der Waals surface area contributed by atoms with Crippen LogP contribution in [0.4, 0.5) is 0 Å². The molecule has 0 radical (unpaired) electrons. The van der Waals surface area contributed by atoms with E-state index in [1.165, 1.54) is 11.6 Å². The summed E-state index contributed by atoms with van der Waals surface area (Å²) < 4.78 is 7.19. The van der Waals surface area contributed by atoms with Gasteiger partial charge in [-0.2, -0.15) is 5.10 Å². The van der Waals surface area contributed by atoms with Crippen LogP contribution in [0.15, 0.2) is 54.6 Å². The summed E-state index contributed by atoms with van der Waals surface area (Å²) in [6, 6.07) is 16.2. The third kappa shape index (κ3) is 6.65. The van der Waals surface area contributed by atoms with Crippen molar-refractivity contribution in [2.75, 3.05) is 0 Å². The SMILES string of the molecule is Cc1ccc(CNC(=O)C(C)OC(=O)/C=C/c2c(C)nn(Cc3ccc(C)cc3)c2C)cc1. The molecule has 6 heteroatoms. The molecule has 6 nitrogen and oxygen atoms in total. The van der Waals surface area contributed by atoms with E-state index in [0.29, 0.717) is 13.1 Å². The highest BCUT2D eigenvalue weighted by Gasteiger charge is 2.17. The molecule has 0 bridgehead atoms. The summed E-state index contributed by atoms with van der Waals surface area (Å²) in [5, 5.41) is 7.39. The highest BCUT2D eigenvalue weighted by molar-refractivity contribution is 5.90. The second-order valence-corrected chi connectivity index (χ2v) is 8.34. The summed E-state index contributed by atoms with van der Waals surface area (Å²) in [6.45, 7) is 10.6. The molecule has 1 N–H and O–H groups in total. The van der Waals surface area contributed by atoms with Crippen LogP contribution in [-0.4, -0.2) is 27.8 Å². The number of carbonyl (C=O) groups is 2. The zero-order valence-corrected chi connectivity index (χ0v) is 19.9. The normalized spacial score (nSPS) is 12.0. The lowest BCUT2D eigenvalue weighted by Crippen LogP contribution is -2.35. The molecule has 0 spiro atoms. The van der Waals surface area contributed by atoms with Gasteiger partial charge in [0.2, 0.25) is 0 Å². The van der Waals surface area contributed by atoms with Crippen molar-refractivity contribution in [3.63, 3.8) is 0 Å². The Balaban J connectivity index is 1.56. The first-order valence-electron chi connectivity index (χ1n) is 11.0. The van der Waals surface area contributed by atoms with Crippen LogP contribution in [0.1, 0.15) is 46.1 Å². The Morgan fingerprint density at radius 1 is 0.970 bits per heavy atom. The number of esters is 1. The van der Waals surface area contributed by atoms with Crippen molar-refractivity contribution in [1.29, 1.82) is 0 Å². The summed E-state index contributed by atoms with van der Waals surface area (Å²) in [5.74, 6) is -0.909. The standard InChI is InChI=1S/C27H31N3O3/c1-18-6-10-23(11-7-18)16-28-27(32)22(5)33-26(31)15-14-25-20(3)29-30(21(25)4)17-24-12-8-19(2)9-13-24/h6-15,22H,16-17H2,1-5H3,(H,28,32)/b15-14+. The molecular formula is C27H31N3O3. The van der Waals surface area contributed by atoms with E-state index in [4.69, 9.17) is 4.74 Å². The van der Waals surface area contributed by atoms with E-state index < -0.39 is 12.1 Å². The molecule has 0 aliphatic carbocycles. The Kier molecular flexibility index (Phi) is 7.83. The first kappa shape index (κ1) is 24.0. The zero-order valence-electron chi connectivity index (χ0n) is 19.9. The van der Waals surface area contributed by atoms with Crippen molar-refractivity contribution in [1.82, 2.24) is 15.1 Å². The van der Waals surface area contributed by atoms with E-state index in [1.54, 1.807) is 13.0 Å². The highest BCUT2D eigenvalue weighted by Crippen LogP contribution is 2.17. The van der Waals surface area contributed by atoms with E-state index >= 15 is 0 Å². The lowest BCUT2D eigenvalue weighted by Gasteiger charge is -2.12. The van der Waals surface area contributed by atoms with Gasteiger partial charge in [-0.05, 0) is 51.8 Å². The van der Waals surface area contributed by atoms with Crippen molar-refractivity contribution < 1.29 is 14.3 Å². The van der Waals surface area contributed by atoms with Crippen LogP contribution >= 0.6 is 0 Å². The lowest BCUT2D eigenvalue weighted by molar-refractivity contribution is -0.150. The highest BCUT2D eigenvalue weighted by atomic mass is 16.5. The Labute approximate surface area is 195 Å². The van der Waals surface area contributed by atoms with Crippen molar-refractivity contribution in [3.8, 4) is 0 Å². The maximum atomic E-state index is 12.3. The third-order valence-corrected chi connectivity index (χ3v) is 5.53. The Morgan fingerprint density at radius 3 is 2.15 bits per heavy atom. The van der Waals surface area contributed by atoms with Gasteiger partial charge >= 0.3 is 5.97 Å². The molecule has 0 saturated carbocycles. The number of hydrogen-bond donors (Lipinski definition) is 1. The molecule has 1 atom stereocenters. The van der Waals surface area contributed by atoms with E-state index in [2.05, 4.69) is 41.6 Å². The molecule has 0 aliphatic rings. The van der Waals surface area contributed by atoms with Crippen LogP contribution in [0.2, 0.25) is 0 Å². The maximum absolute atomic E-state index is 12.3. The molecule has 33 heavy (non-hydrogen) atoms. The van der Waals surface area contributed by atoms with E-state index in [-0.39, 0.29) is 5.91 Å². The van der Waals surface area contributed by atoms with Crippen LogP contribution in [-0.2, 0) is 27.4 Å². The van der Waals surface area contributed by atoms with E-state index in [9.17, 15) is 9.59 Å². The number of aryl methyl sites for hydroxylation is 3. The van der Waals surface area contributed by atoms with Crippen molar-refractivity contribution >= 4 is 18.0 Å². The maximum Gasteiger partial charge on any atom is 0.331 e. The summed E-state index contributed by atoms with van der Waals surface area (Å²) >= 11 is 0. The van der Waals surface area contributed by atoms with Crippen LogP contribution < -0.4 is 5.32 Å². The minimum Gasteiger partial charge on any atom is -0.449 e. The number of amides is 1. The van der Waals surface area contributed by atoms with Gasteiger partial charge in [0.25, 0.3) is 5.91 Å². The molecule has 3 aromatic rings. The van der Waals surface area contributed by atoms with Crippen molar-refractivity contribution in [3.05, 3.63) is 93.8 Å². The number of ether oxygens (including phenoxy) is 1. The van der Waals surface area contributed by atoms with Crippen LogP contribution in [0.3, 0.4) is 0 Å². The topological polar surface area (TPSA) is 73.2 Å². The molecule has 0 saturated heterocycles. The largest absolute Gasteiger partial charge is 0.449 e. The van der Waals surface area contributed by atoms with Gasteiger partial charge in [-0.25, -0.2) is 4.79 Å². The summed E-state index contributed by atoms with van der Waals surface area (Å²) in [5.41, 5.74) is 7.18. The fourth-order valence-corrected chi connectivity index (χ4v) is 3.43. The molecule has 1 aromatic heterocycles. The molecular weight excluding hydrogens is 414 g/mol. The number of rotatable bonds is 8. The number of aromatic nitrogens is 2. The lowest BCUT2D eigenvalue weighted by atomic mass is 10.1. The van der Waals surface area contributed by atoms with Gasteiger partial charge in [-0.15, -0.1) is 0 Å². The van der Waals surface area contributed by atoms with Gasteiger partial charge in [0.15, 0.2) is 6.10 Å². The first-order chi connectivity index (χ1) is 15.7. The smallest absolute Gasteiger partial charge is 0.331 e. The second-order valence-electron chi connectivity index (χ2n) is 8.34. The number of carbonyl (C=O) groups excluding carboxylic acids is 2. The number of benzene rings is 2. The monoisotopic (exact) mass is 445 g/mol. The zero-order chi connectivity index (χ0) is 24.0. The van der Waals surface area contributed by atoms with Gasteiger partial charge < -0.3 is 10.1 Å². The summed E-state index contributed by atoms with van der Waals surface area (Å²) in [4.78, 5) is 24.6. The molecule has 2 aromatic carbocycles. The van der Waals surface area contributed by atoms with Gasteiger partial charge in [-0.1, -0.05) is 59.7 Å². The molecule has 1 unspecified atom stereocenters. The minimum atomic E-state index is -0.890. The Morgan fingerprint density at radius 2 is 1.55 bits per heavy atom. The predicted octanol–water partition coefficient (Wildman–Crippen LogP) is 4.43. The predicted molar refractivity (Wildman–Crippen MR) is 130 cm³/mol. The molecule has 1 amide bonds. The summed E-state index contributed by atoms with van der Waals surface area (Å²) in [7, 11) is 0. The first-order valence-corrected chi connectivity index (χ1v) is 11.0.